The van der Waals surface area contributed by atoms with Crippen molar-refractivity contribution in [1.82, 2.24) is 14.5 Å². The van der Waals surface area contributed by atoms with Gasteiger partial charge in [0.2, 0.25) is 10.0 Å². The fourth-order valence-electron chi connectivity index (χ4n) is 2.84. The molecule has 0 saturated carbocycles. The molecule has 25 heavy (non-hydrogen) atoms. The quantitative estimate of drug-likeness (QED) is 0.799. The normalized spacial score (nSPS) is 19.9. The van der Waals surface area contributed by atoms with Gasteiger partial charge in [-0.1, -0.05) is 6.42 Å². The average molecular weight is 391 g/mol. The molecule has 0 amide bonds. The van der Waals surface area contributed by atoms with E-state index in [-0.39, 0.29) is 4.90 Å². The highest BCUT2D eigenvalue weighted by Gasteiger charge is 2.37. The lowest BCUT2D eigenvalue weighted by atomic mass is 10.1. The van der Waals surface area contributed by atoms with Crippen LogP contribution in [-0.4, -0.2) is 29.5 Å². The fraction of sp³-hybridized carbons (Fsp3) is 0.467. The molecule has 0 radical (unpaired) electrons. The number of hydrogen-bond donors (Lipinski definition) is 0. The molecule has 0 N–H and O–H groups in total. The van der Waals surface area contributed by atoms with Gasteiger partial charge in [-0.3, -0.25) is 0 Å². The van der Waals surface area contributed by atoms with Crippen molar-refractivity contribution in [3.05, 3.63) is 39.8 Å². The first-order valence-electron chi connectivity index (χ1n) is 7.69. The minimum absolute atomic E-state index is 0.145. The Bertz CT molecular complexity index is 848. The van der Waals surface area contributed by atoms with Crippen molar-refractivity contribution in [3.63, 3.8) is 0 Å². The molecule has 5 nitrogen and oxygen atoms in total. The van der Waals surface area contributed by atoms with E-state index in [9.17, 15) is 21.6 Å². The highest BCUT2D eigenvalue weighted by molar-refractivity contribution is 7.89. The second kappa shape index (κ2) is 6.65. The Morgan fingerprint density at radius 3 is 2.40 bits per heavy atom. The van der Waals surface area contributed by atoms with E-state index in [0.29, 0.717) is 24.4 Å². The Labute approximate surface area is 147 Å². The van der Waals surface area contributed by atoms with Gasteiger partial charge >= 0.3 is 6.18 Å². The monoisotopic (exact) mass is 391 g/mol. The van der Waals surface area contributed by atoms with Gasteiger partial charge in [-0.2, -0.15) is 17.5 Å². The van der Waals surface area contributed by atoms with Crippen LogP contribution in [0.1, 0.15) is 40.9 Å². The first-order valence-corrected chi connectivity index (χ1v) is 9.94. The summed E-state index contributed by atoms with van der Waals surface area (Å²) < 4.78 is 65.3. The predicted molar refractivity (Wildman–Crippen MR) is 86.6 cm³/mol. The molecule has 10 heteroatoms. The molecular formula is C15H16F3N3O2S2. The highest BCUT2D eigenvalue weighted by atomic mass is 32.2. The van der Waals surface area contributed by atoms with E-state index in [0.717, 1.165) is 35.7 Å². The number of alkyl halides is 3. The molecular weight excluding hydrogens is 375 g/mol. The van der Waals surface area contributed by atoms with Crippen molar-refractivity contribution in [2.45, 2.75) is 43.3 Å². The molecule has 0 unspecified atom stereocenters. The Balaban J connectivity index is 1.94. The Hall–Kier alpha value is -1.52. The second-order valence-electron chi connectivity index (χ2n) is 5.81. The number of hydrogen-bond acceptors (Lipinski definition) is 5. The van der Waals surface area contributed by atoms with Crippen LogP contribution in [0.25, 0.3) is 0 Å². The average Bonchev–Trinajstić information content (AvgIpc) is 3.00. The lowest BCUT2D eigenvalue weighted by molar-refractivity contribution is -0.137. The molecule has 1 aromatic heterocycles. The van der Waals surface area contributed by atoms with E-state index < -0.39 is 27.8 Å². The molecule has 1 aliphatic heterocycles. The number of sulfonamides is 1. The summed E-state index contributed by atoms with van der Waals surface area (Å²) in [7, 11) is -3.91. The molecule has 1 aromatic carbocycles. The van der Waals surface area contributed by atoms with Crippen molar-refractivity contribution >= 4 is 21.4 Å². The first-order chi connectivity index (χ1) is 11.7. The van der Waals surface area contributed by atoms with Crippen LogP contribution in [0.2, 0.25) is 0 Å². The van der Waals surface area contributed by atoms with Crippen LogP contribution < -0.4 is 0 Å². The van der Waals surface area contributed by atoms with Crippen molar-refractivity contribution in [2.75, 3.05) is 6.54 Å². The summed E-state index contributed by atoms with van der Waals surface area (Å²) in [6.45, 7) is 2.10. The first kappa shape index (κ1) is 18.3. The van der Waals surface area contributed by atoms with Gasteiger partial charge in [-0.25, -0.2) is 8.42 Å². The highest BCUT2D eigenvalue weighted by Crippen LogP contribution is 2.37. The van der Waals surface area contributed by atoms with E-state index in [1.165, 1.54) is 15.6 Å². The minimum Gasteiger partial charge on any atom is -0.207 e. The lowest BCUT2D eigenvalue weighted by Crippen LogP contribution is -2.38. The van der Waals surface area contributed by atoms with Gasteiger partial charge in [0.05, 0.1) is 16.5 Å². The summed E-state index contributed by atoms with van der Waals surface area (Å²) in [6.07, 6.45) is -2.31. The summed E-state index contributed by atoms with van der Waals surface area (Å²) >= 11 is 1.34. The van der Waals surface area contributed by atoms with Crippen LogP contribution >= 0.6 is 11.3 Å². The number of rotatable bonds is 3. The molecule has 1 fully saturated rings. The Kier molecular flexibility index (Phi) is 4.86. The Morgan fingerprint density at radius 2 is 1.84 bits per heavy atom. The van der Waals surface area contributed by atoms with Crippen LogP contribution in [0.5, 0.6) is 0 Å². The molecule has 0 bridgehead atoms. The number of halogens is 3. The molecule has 136 valence electrons. The largest absolute Gasteiger partial charge is 0.416 e. The molecule has 0 spiro atoms. The summed E-state index contributed by atoms with van der Waals surface area (Å²) in [5.74, 6) is 0. The molecule has 2 aromatic rings. The van der Waals surface area contributed by atoms with Gasteiger partial charge in [0.15, 0.2) is 0 Å². The Morgan fingerprint density at radius 1 is 1.16 bits per heavy atom. The van der Waals surface area contributed by atoms with Crippen molar-refractivity contribution < 1.29 is 21.6 Å². The van der Waals surface area contributed by atoms with Gasteiger partial charge < -0.3 is 0 Å². The summed E-state index contributed by atoms with van der Waals surface area (Å²) in [5.41, 5.74) is -0.874. The minimum atomic E-state index is -4.50. The van der Waals surface area contributed by atoms with Crippen molar-refractivity contribution in [1.29, 1.82) is 0 Å². The maximum atomic E-state index is 12.9. The fourth-order valence-corrected chi connectivity index (χ4v) is 5.41. The third kappa shape index (κ3) is 3.70. The van der Waals surface area contributed by atoms with Gasteiger partial charge in [0, 0.05) is 6.54 Å². The maximum absolute atomic E-state index is 12.9. The molecule has 1 aliphatic rings. The molecule has 1 atom stereocenters. The number of aromatic nitrogens is 2. The van der Waals surface area contributed by atoms with Crippen LogP contribution in [0.15, 0.2) is 29.2 Å². The van der Waals surface area contributed by atoms with Crippen LogP contribution in [0.4, 0.5) is 13.2 Å². The maximum Gasteiger partial charge on any atom is 0.416 e. The van der Waals surface area contributed by atoms with Gasteiger partial charge in [0.25, 0.3) is 0 Å². The van der Waals surface area contributed by atoms with Crippen LogP contribution in [0.3, 0.4) is 0 Å². The number of piperidine rings is 1. The zero-order valence-corrected chi connectivity index (χ0v) is 15.0. The smallest absolute Gasteiger partial charge is 0.207 e. The zero-order valence-electron chi connectivity index (χ0n) is 13.3. The van der Waals surface area contributed by atoms with E-state index in [2.05, 4.69) is 10.2 Å². The second-order valence-corrected chi connectivity index (χ2v) is 8.91. The summed E-state index contributed by atoms with van der Waals surface area (Å²) in [4.78, 5) is -0.145. The number of benzene rings is 1. The van der Waals surface area contributed by atoms with E-state index in [1.54, 1.807) is 6.92 Å². The van der Waals surface area contributed by atoms with Crippen LogP contribution in [0, 0.1) is 6.92 Å². The number of aryl methyl sites for hydroxylation is 1. The molecule has 1 saturated heterocycles. The summed E-state index contributed by atoms with van der Waals surface area (Å²) in [6, 6.07) is 3.18. The standard InChI is InChI=1S/C15H16F3N3O2S2/c1-10-19-20-14(24-10)13-4-2-3-9-21(13)25(22,23)12-7-5-11(6-8-12)15(16,17)18/h5-8,13H,2-4,9H2,1H3/t13-/m0/s1. The van der Waals surface area contributed by atoms with E-state index in [1.807, 2.05) is 0 Å². The van der Waals surface area contributed by atoms with Gasteiger partial charge in [-0.05, 0) is 44.0 Å². The third-order valence-electron chi connectivity index (χ3n) is 4.07. The van der Waals surface area contributed by atoms with Crippen LogP contribution in [-0.2, 0) is 16.2 Å². The van der Waals surface area contributed by atoms with Gasteiger partial charge in [-0.15, -0.1) is 21.5 Å². The van der Waals surface area contributed by atoms with Crippen molar-refractivity contribution in [3.8, 4) is 0 Å². The van der Waals surface area contributed by atoms with Gasteiger partial charge in [0.1, 0.15) is 10.0 Å². The topological polar surface area (TPSA) is 63.2 Å². The third-order valence-corrected chi connectivity index (χ3v) is 6.93. The molecule has 3 rings (SSSR count). The zero-order chi connectivity index (χ0) is 18.2. The molecule has 0 aliphatic carbocycles. The molecule has 2 heterocycles. The van der Waals surface area contributed by atoms with Crippen molar-refractivity contribution in [2.24, 2.45) is 0 Å². The predicted octanol–water partition coefficient (Wildman–Crippen LogP) is 3.78. The summed E-state index contributed by atoms with van der Waals surface area (Å²) in [5, 5.41) is 9.36. The lowest BCUT2D eigenvalue weighted by Gasteiger charge is -2.33. The SMILES string of the molecule is Cc1nnc([C@@H]2CCCCN2S(=O)(=O)c2ccc(C(F)(F)F)cc2)s1. The van der Waals surface area contributed by atoms with E-state index in [4.69, 9.17) is 0 Å². The van der Waals surface area contributed by atoms with E-state index >= 15 is 0 Å². The number of nitrogens with zero attached hydrogens (tertiary/aromatic N) is 3.